The number of amides is 1. The Morgan fingerprint density at radius 2 is 2.25 bits per heavy atom. The molecule has 2 N–H and O–H groups in total. The Bertz CT molecular complexity index is 439. The SMILES string of the molecule is O=C(c1ccc2c(c1)NCC2)N1CC(O)C1. The molecule has 0 bridgehead atoms. The van der Waals surface area contributed by atoms with Gasteiger partial charge in [-0.05, 0) is 24.1 Å². The van der Waals surface area contributed by atoms with Crippen LogP contribution in [-0.4, -0.2) is 41.7 Å². The van der Waals surface area contributed by atoms with Crippen molar-refractivity contribution in [3.8, 4) is 0 Å². The van der Waals surface area contributed by atoms with Crippen LogP contribution in [0, 0.1) is 0 Å². The average molecular weight is 218 g/mol. The van der Waals surface area contributed by atoms with Gasteiger partial charge in [0.2, 0.25) is 0 Å². The maximum absolute atomic E-state index is 12.0. The molecule has 2 heterocycles. The van der Waals surface area contributed by atoms with Gasteiger partial charge in [0, 0.05) is 30.9 Å². The van der Waals surface area contributed by atoms with Crippen molar-refractivity contribution < 1.29 is 9.90 Å². The van der Waals surface area contributed by atoms with Gasteiger partial charge in [0.15, 0.2) is 0 Å². The van der Waals surface area contributed by atoms with Crippen LogP contribution < -0.4 is 5.32 Å². The molecular formula is C12H14N2O2. The summed E-state index contributed by atoms with van der Waals surface area (Å²) < 4.78 is 0. The molecular weight excluding hydrogens is 204 g/mol. The molecule has 84 valence electrons. The molecule has 1 aromatic rings. The number of nitrogens with zero attached hydrogens (tertiary/aromatic N) is 1. The lowest BCUT2D eigenvalue weighted by atomic mass is 10.1. The number of hydrogen-bond donors (Lipinski definition) is 2. The number of aliphatic hydroxyl groups is 1. The number of β-amino-alcohol motifs (C(OH)–C–C–N with tert-alkyl or cyclic N) is 1. The van der Waals surface area contributed by atoms with Crippen LogP contribution in [0.2, 0.25) is 0 Å². The van der Waals surface area contributed by atoms with Crippen LogP contribution in [0.25, 0.3) is 0 Å². The van der Waals surface area contributed by atoms with Crippen LogP contribution >= 0.6 is 0 Å². The summed E-state index contributed by atoms with van der Waals surface area (Å²) >= 11 is 0. The number of carbonyl (C=O) groups is 1. The van der Waals surface area contributed by atoms with Crippen molar-refractivity contribution in [2.24, 2.45) is 0 Å². The third-order valence-electron chi connectivity index (χ3n) is 3.22. The van der Waals surface area contributed by atoms with Crippen LogP contribution in [0.3, 0.4) is 0 Å². The van der Waals surface area contributed by atoms with Crippen LogP contribution in [0.4, 0.5) is 5.69 Å². The van der Waals surface area contributed by atoms with Gasteiger partial charge in [0.05, 0.1) is 6.10 Å². The van der Waals surface area contributed by atoms with E-state index in [-0.39, 0.29) is 12.0 Å². The van der Waals surface area contributed by atoms with Crippen LogP contribution in [-0.2, 0) is 6.42 Å². The number of benzene rings is 1. The molecule has 2 aliphatic heterocycles. The van der Waals surface area contributed by atoms with Gasteiger partial charge < -0.3 is 15.3 Å². The fourth-order valence-electron chi connectivity index (χ4n) is 2.23. The molecule has 1 amide bonds. The summed E-state index contributed by atoms with van der Waals surface area (Å²) in [5.41, 5.74) is 3.06. The first kappa shape index (κ1) is 9.66. The number of carbonyl (C=O) groups excluding carboxylic acids is 1. The number of rotatable bonds is 1. The van der Waals surface area contributed by atoms with Gasteiger partial charge in [-0.3, -0.25) is 4.79 Å². The maximum atomic E-state index is 12.0. The van der Waals surface area contributed by atoms with E-state index >= 15 is 0 Å². The van der Waals surface area contributed by atoms with E-state index < -0.39 is 0 Å². The normalized spacial score (nSPS) is 18.9. The molecule has 0 spiro atoms. The molecule has 4 nitrogen and oxygen atoms in total. The zero-order chi connectivity index (χ0) is 11.1. The maximum Gasteiger partial charge on any atom is 0.254 e. The molecule has 16 heavy (non-hydrogen) atoms. The Morgan fingerprint density at radius 3 is 3.00 bits per heavy atom. The summed E-state index contributed by atoms with van der Waals surface area (Å²) in [6.07, 6.45) is 0.697. The summed E-state index contributed by atoms with van der Waals surface area (Å²) in [6, 6.07) is 5.80. The van der Waals surface area contributed by atoms with E-state index in [4.69, 9.17) is 5.11 Å². The zero-order valence-electron chi connectivity index (χ0n) is 8.94. The number of aliphatic hydroxyl groups excluding tert-OH is 1. The van der Waals surface area contributed by atoms with E-state index in [0.29, 0.717) is 18.7 Å². The first-order valence-corrected chi connectivity index (χ1v) is 5.58. The molecule has 0 radical (unpaired) electrons. The predicted octanol–water partition coefficient (Wildman–Crippen LogP) is 0.471. The lowest BCUT2D eigenvalue weighted by Crippen LogP contribution is -2.53. The van der Waals surface area contributed by atoms with Gasteiger partial charge >= 0.3 is 0 Å². The van der Waals surface area contributed by atoms with E-state index in [1.54, 1.807) is 4.90 Å². The third-order valence-corrected chi connectivity index (χ3v) is 3.22. The highest BCUT2D eigenvalue weighted by molar-refractivity contribution is 5.96. The van der Waals surface area contributed by atoms with Crippen molar-refractivity contribution in [3.63, 3.8) is 0 Å². The Kier molecular flexibility index (Phi) is 2.11. The topological polar surface area (TPSA) is 52.6 Å². The smallest absolute Gasteiger partial charge is 0.254 e. The van der Waals surface area contributed by atoms with E-state index in [2.05, 4.69) is 5.32 Å². The second-order valence-electron chi connectivity index (χ2n) is 4.41. The van der Waals surface area contributed by atoms with Crippen LogP contribution in [0.15, 0.2) is 18.2 Å². The number of nitrogens with one attached hydrogen (secondary N) is 1. The number of anilines is 1. The summed E-state index contributed by atoms with van der Waals surface area (Å²) in [5, 5.41) is 12.4. The lowest BCUT2D eigenvalue weighted by Gasteiger charge is -2.35. The van der Waals surface area contributed by atoms with Gasteiger partial charge in [-0.25, -0.2) is 0 Å². The second-order valence-corrected chi connectivity index (χ2v) is 4.41. The number of likely N-dealkylation sites (tertiary alicyclic amines) is 1. The van der Waals surface area contributed by atoms with Gasteiger partial charge in [-0.1, -0.05) is 6.07 Å². The first-order chi connectivity index (χ1) is 7.74. The fourth-order valence-corrected chi connectivity index (χ4v) is 2.23. The Morgan fingerprint density at radius 1 is 1.44 bits per heavy atom. The van der Waals surface area contributed by atoms with E-state index in [1.807, 2.05) is 18.2 Å². The van der Waals surface area contributed by atoms with Gasteiger partial charge in [-0.15, -0.1) is 0 Å². The molecule has 0 aromatic heterocycles. The zero-order valence-corrected chi connectivity index (χ0v) is 8.94. The highest BCUT2D eigenvalue weighted by Gasteiger charge is 2.29. The van der Waals surface area contributed by atoms with Gasteiger partial charge in [0.1, 0.15) is 0 Å². The molecule has 0 aliphatic carbocycles. The Balaban J connectivity index is 1.82. The summed E-state index contributed by atoms with van der Waals surface area (Å²) in [7, 11) is 0. The minimum Gasteiger partial charge on any atom is -0.389 e. The predicted molar refractivity (Wildman–Crippen MR) is 60.5 cm³/mol. The molecule has 1 saturated heterocycles. The van der Waals surface area contributed by atoms with Gasteiger partial charge in [0.25, 0.3) is 5.91 Å². The molecule has 0 atom stereocenters. The Hall–Kier alpha value is -1.55. The largest absolute Gasteiger partial charge is 0.389 e. The molecule has 0 saturated carbocycles. The summed E-state index contributed by atoms with van der Waals surface area (Å²) in [5.74, 6) is 0.0156. The fraction of sp³-hybridized carbons (Fsp3) is 0.417. The molecule has 1 aromatic carbocycles. The first-order valence-electron chi connectivity index (χ1n) is 5.58. The highest BCUT2D eigenvalue weighted by atomic mass is 16.3. The van der Waals surface area contributed by atoms with Crippen LogP contribution in [0.5, 0.6) is 0 Å². The molecule has 3 rings (SSSR count). The molecule has 0 unspecified atom stereocenters. The molecule has 4 heteroatoms. The average Bonchev–Trinajstić information content (AvgIpc) is 2.70. The van der Waals surface area contributed by atoms with E-state index in [9.17, 15) is 4.79 Å². The van der Waals surface area contributed by atoms with Crippen molar-refractivity contribution in [1.29, 1.82) is 0 Å². The minimum absolute atomic E-state index is 0.0156. The number of hydrogen-bond acceptors (Lipinski definition) is 3. The summed E-state index contributed by atoms with van der Waals surface area (Å²) in [4.78, 5) is 13.6. The van der Waals surface area contributed by atoms with Crippen LogP contribution in [0.1, 0.15) is 15.9 Å². The van der Waals surface area contributed by atoms with E-state index in [1.165, 1.54) is 5.56 Å². The van der Waals surface area contributed by atoms with Crippen molar-refractivity contribution >= 4 is 11.6 Å². The number of fused-ring (bicyclic) bond motifs is 1. The second kappa shape index (κ2) is 3.49. The van der Waals surface area contributed by atoms with Crippen molar-refractivity contribution in [3.05, 3.63) is 29.3 Å². The quantitative estimate of drug-likeness (QED) is 0.720. The van der Waals surface area contributed by atoms with Crippen molar-refractivity contribution in [2.45, 2.75) is 12.5 Å². The Labute approximate surface area is 93.9 Å². The summed E-state index contributed by atoms with van der Waals surface area (Å²) in [6.45, 7) is 1.88. The highest BCUT2D eigenvalue weighted by Crippen LogP contribution is 2.24. The van der Waals surface area contributed by atoms with Crippen molar-refractivity contribution in [1.82, 2.24) is 4.90 Å². The minimum atomic E-state index is -0.337. The lowest BCUT2D eigenvalue weighted by molar-refractivity contribution is 0.00590. The van der Waals surface area contributed by atoms with Crippen molar-refractivity contribution in [2.75, 3.05) is 25.0 Å². The molecule has 1 fully saturated rings. The van der Waals surface area contributed by atoms with Gasteiger partial charge in [-0.2, -0.15) is 0 Å². The van der Waals surface area contributed by atoms with E-state index in [0.717, 1.165) is 18.7 Å². The molecule has 2 aliphatic rings. The monoisotopic (exact) mass is 218 g/mol. The standard InChI is InChI=1S/C12H14N2O2/c15-10-6-14(7-10)12(16)9-2-1-8-3-4-13-11(8)5-9/h1-2,5,10,13,15H,3-4,6-7H2. The third kappa shape index (κ3) is 1.46.